The van der Waals surface area contributed by atoms with Crippen LogP contribution >= 0.6 is 0 Å². The second-order valence-corrected chi connectivity index (χ2v) is 8.24. The first-order valence-corrected chi connectivity index (χ1v) is 9.93. The van der Waals surface area contributed by atoms with Gasteiger partial charge in [0, 0.05) is 56.1 Å². The monoisotopic (exact) mass is 405 g/mol. The van der Waals surface area contributed by atoms with Gasteiger partial charge in [0.1, 0.15) is 22.0 Å². The van der Waals surface area contributed by atoms with Gasteiger partial charge in [-0.15, -0.1) is 0 Å². The zero-order valence-corrected chi connectivity index (χ0v) is 15.4. The molecule has 146 valence electrons. The second-order valence-electron chi connectivity index (χ2n) is 6.33. The summed E-state index contributed by atoms with van der Waals surface area (Å²) in [4.78, 5) is 19.4. The first-order chi connectivity index (χ1) is 13.4. The summed E-state index contributed by atoms with van der Waals surface area (Å²) in [5.41, 5.74) is 0.425. The SMILES string of the molecule is O=[N+]([O-])c1ccc(F)cc1N1CCN(S(=O)(=O)c2c[nH]c3ncccc23)CC1. The van der Waals surface area contributed by atoms with Gasteiger partial charge >= 0.3 is 0 Å². The number of piperazine rings is 1. The third-order valence-electron chi connectivity index (χ3n) is 4.74. The summed E-state index contributed by atoms with van der Waals surface area (Å²) >= 11 is 0. The van der Waals surface area contributed by atoms with Crippen molar-refractivity contribution in [3.63, 3.8) is 0 Å². The highest BCUT2D eigenvalue weighted by molar-refractivity contribution is 7.89. The van der Waals surface area contributed by atoms with Crippen LogP contribution in [0, 0.1) is 15.9 Å². The summed E-state index contributed by atoms with van der Waals surface area (Å²) in [7, 11) is -3.76. The second kappa shape index (κ2) is 6.84. The van der Waals surface area contributed by atoms with E-state index in [1.54, 1.807) is 23.2 Å². The molecular formula is C17H16FN5O4S. The van der Waals surface area contributed by atoms with Gasteiger partial charge in [-0.3, -0.25) is 10.1 Å². The number of nitro groups is 1. The smallest absolute Gasteiger partial charge is 0.292 e. The topological polar surface area (TPSA) is 112 Å². The number of nitrogens with one attached hydrogen (secondary N) is 1. The molecule has 0 saturated carbocycles. The molecule has 1 fully saturated rings. The molecule has 1 N–H and O–H groups in total. The number of nitrogens with zero attached hydrogens (tertiary/aromatic N) is 4. The molecule has 0 radical (unpaired) electrons. The Balaban J connectivity index is 1.58. The van der Waals surface area contributed by atoms with Gasteiger partial charge in [-0.05, 0) is 18.2 Å². The van der Waals surface area contributed by atoms with Crippen LogP contribution in [0.3, 0.4) is 0 Å². The van der Waals surface area contributed by atoms with Crippen LogP contribution in [-0.4, -0.2) is 53.8 Å². The third-order valence-corrected chi connectivity index (χ3v) is 6.68. The number of aromatic amines is 1. The van der Waals surface area contributed by atoms with E-state index in [-0.39, 0.29) is 42.4 Å². The maximum atomic E-state index is 13.6. The van der Waals surface area contributed by atoms with Crippen molar-refractivity contribution >= 4 is 32.4 Å². The molecule has 1 aromatic carbocycles. The molecule has 11 heteroatoms. The summed E-state index contributed by atoms with van der Waals surface area (Å²) in [6.07, 6.45) is 2.98. The molecule has 0 bridgehead atoms. The minimum atomic E-state index is -3.76. The lowest BCUT2D eigenvalue weighted by Gasteiger charge is -2.34. The van der Waals surface area contributed by atoms with Crippen LogP contribution in [0.1, 0.15) is 0 Å². The lowest BCUT2D eigenvalue weighted by molar-refractivity contribution is -0.384. The largest absolute Gasteiger partial charge is 0.363 e. The number of rotatable bonds is 4. The molecule has 28 heavy (non-hydrogen) atoms. The van der Waals surface area contributed by atoms with E-state index in [0.29, 0.717) is 11.0 Å². The van der Waals surface area contributed by atoms with E-state index in [4.69, 9.17) is 0 Å². The van der Waals surface area contributed by atoms with Crippen molar-refractivity contribution in [1.29, 1.82) is 0 Å². The zero-order chi connectivity index (χ0) is 19.9. The minimum absolute atomic E-state index is 0.128. The van der Waals surface area contributed by atoms with Gasteiger partial charge in [-0.2, -0.15) is 4.31 Å². The number of nitro benzene ring substituents is 1. The van der Waals surface area contributed by atoms with E-state index < -0.39 is 20.8 Å². The number of aromatic nitrogens is 2. The Morgan fingerprint density at radius 2 is 1.93 bits per heavy atom. The van der Waals surface area contributed by atoms with Gasteiger partial charge in [-0.25, -0.2) is 17.8 Å². The summed E-state index contributed by atoms with van der Waals surface area (Å²) in [6, 6.07) is 6.60. The molecule has 3 heterocycles. The third kappa shape index (κ3) is 3.08. The maximum absolute atomic E-state index is 13.6. The Morgan fingerprint density at radius 3 is 2.64 bits per heavy atom. The summed E-state index contributed by atoms with van der Waals surface area (Å²) in [5.74, 6) is -0.582. The Labute approximate surface area is 159 Å². The fourth-order valence-electron chi connectivity index (χ4n) is 3.36. The van der Waals surface area contributed by atoms with Crippen molar-refractivity contribution in [1.82, 2.24) is 14.3 Å². The van der Waals surface area contributed by atoms with E-state index in [1.807, 2.05) is 0 Å². The number of sulfonamides is 1. The number of benzene rings is 1. The Morgan fingerprint density at radius 1 is 1.18 bits per heavy atom. The summed E-state index contributed by atoms with van der Waals surface area (Å²) < 4.78 is 41.0. The summed E-state index contributed by atoms with van der Waals surface area (Å²) in [5, 5.41) is 11.7. The van der Waals surface area contributed by atoms with Gasteiger partial charge in [0.25, 0.3) is 5.69 Å². The first kappa shape index (κ1) is 18.3. The first-order valence-electron chi connectivity index (χ1n) is 8.49. The highest BCUT2D eigenvalue weighted by atomic mass is 32.2. The minimum Gasteiger partial charge on any atom is -0.363 e. The molecule has 9 nitrogen and oxygen atoms in total. The number of fused-ring (bicyclic) bond motifs is 1. The standard InChI is InChI=1S/C17H16FN5O4S/c18-12-3-4-14(23(24)25)15(10-12)21-6-8-22(9-7-21)28(26,27)16-11-20-17-13(16)2-1-5-19-17/h1-5,10-11H,6-9H2,(H,19,20). The molecule has 1 aliphatic rings. The van der Waals surface area contributed by atoms with Crippen LogP contribution in [-0.2, 0) is 10.0 Å². The highest BCUT2D eigenvalue weighted by Crippen LogP contribution is 2.31. The molecule has 0 unspecified atom stereocenters. The maximum Gasteiger partial charge on any atom is 0.292 e. The van der Waals surface area contributed by atoms with E-state index in [0.717, 1.165) is 18.2 Å². The number of anilines is 1. The molecule has 4 rings (SSSR count). The Hall–Kier alpha value is -3.05. The average molecular weight is 405 g/mol. The van der Waals surface area contributed by atoms with E-state index >= 15 is 0 Å². The predicted octanol–water partition coefficient (Wildman–Crippen LogP) is 2.12. The van der Waals surface area contributed by atoms with E-state index in [1.165, 1.54) is 10.5 Å². The zero-order valence-electron chi connectivity index (χ0n) is 14.6. The number of hydrogen-bond acceptors (Lipinski definition) is 6. The van der Waals surface area contributed by atoms with Crippen LogP contribution in [0.25, 0.3) is 11.0 Å². The lowest BCUT2D eigenvalue weighted by Crippen LogP contribution is -2.48. The predicted molar refractivity (Wildman–Crippen MR) is 100 cm³/mol. The molecule has 0 aliphatic carbocycles. The molecule has 1 aliphatic heterocycles. The fraction of sp³-hybridized carbons (Fsp3) is 0.235. The van der Waals surface area contributed by atoms with Crippen LogP contribution in [0.15, 0.2) is 47.6 Å². The van der Waals surface area contributed by atoms with E-state index in [2.05, 4.69) is 9.97 Å². The molecule has 0 atom stereocenters. The van der Waals surface area contributed by atoms with Crippen molar-refractivity contribution in [2.45, 2.75) is 4.90 Å². The lowest BCUT2D eigenvalue weighted by atomic mass is 10.2. The average Bonchev–Trinajstić information content (AvgIpc) is 3.13. The van der Waals surface area contributed by atoms with Crippen molar-refractivity contribution < 1.29 is 17.7 Å². The van der Waals surface area contributed by atoms with Crippen LogP contribution in [0.5, 0.6) is 0 Å². The number of H-pyrrole nitrogens is 1. The van der Waals surface area contributed by atoms with Crippen molar-refractivity contribution in [3.05, 3.63) is 58.7 Å². The van der Waals surface area contributed by atoms with Crippen molar-refractivity contribution in [3.8, 4) is 0 Å². The van der Waals surface area contributed by atoms with Gasteiger partial charge in [-0.1, -0.05) is 0 Å². The molecule has 0 amide bonds. The number of halogens is 1. The van der Waals surface area contributed by atoms with Crippen LogP contribution in [0.2, 0.25) is 0 Å². The van der Waals surface area contributed by atoms with Crippen molar-refractivity contribution in [2.75, 3.05) is 31.1 Å². The highest BCUT2D eigenvalue weighted by Gasteiger charge is 2.32. The molecule has 2 aromatic heterocycles. The molecule has 0 spiro atoms. The summed E-state index contributed by atoms with van der Waals surface area (Å²) in [6.45, 7) is 0.681. The molecule has 1 saturated heterocycles. The normalized spacial score (nSPS) is 15.8. The number of hydrogen-bond donors (Lipinski definition) is 1. The number of pyridine rings is 1. The van der Waals surface area contributed by atoms with Crippen LogP contribution in [0.4, 0.5) is 15.8 Å². The quantitative estimate of drug-likeness (QED) is 0.526. The fourth-order valence-corrected chi connectivity index (χ4v) is 4.93. The Kier molecular flexibility index (Phi) is 4.47. The molecule has 3 aromatic rings. The van der Waals surface area contributed by atoms with Gasteiger partial charge in [0.15, 0.2) is 0 Å². The van der Waals surface area contributed by atoms with Gasteiger partial charge < -0.3 is 9.88 Å². The van der Waals surface area contributed by atoms with Crippen LogP contribution < -0.4 is 4.90 Å². The van der Waals surface area contributed by atoms with Crippen molar-refractivity contribution in [2.24, 2.45) is 0 Å². The molecular weight excluding hydrogens is 389 g/mol. The van der Waals surface area contributed by atoms with Gasteiger partial charge in [0.2, 0.25) is 10.0 Å². The van der Waals surface area contributed by atoms with Gasteiger partial charge in [0.05, 0.1) is 4.92 Å². The Bertz CT molecular complexity index is 1160. The van der Waals surface area contributed by atoms with E-state index in [9.17, 15) is 22.9 Å².